The molecule has 3 N–H and O–H groups in total. The van der Waals surface area contributed by atoms with Crippen LogP contribution in [0, 0.1) is 0 Å². The summed E-state index contributed by atoms with van der Waals surface area (Å²) in [7, 11) is -3.71. The molecule has 2 aromatic rings. The van der Waals surface area contributed by atoms with Crippen molar-refractivity contribution in [3.8, 4) is 0 Å². The van der Waals surface area contributed by atoms with Crippen molar-refractivity contribution in [3.63, 3.8) is 0 Å². The minimum Gasteiger partial charge on any atom is -0.477 e. The summed E-state index contributed by atoms with van der Waals surface area (Å²) >= 11 is 0.866. The van der Waals surface area contributed by atoms with Gasteiger partial charge in [0.25, 0.3) is 0 Å². The summed E-state index contributed by atoms with van der Waals surface area (Å²) in [6.07, 6.45) is 3.09. The summed E-state index contributed by atoms with van der Waals surface area (Å²) in [5.41, 5.74) is 0. The van der Waals surface area contributed by atoms with Crippen LogP contribution < -0.4 is 4.72 Å². The molecule has 0 unspecified atom stereocenters. The molecule has 0 radical (unpaired) electrons. The molecule has 0 spiro atoms. The number of aromatic nitrogens is 2. The number of aromatic carboxylic acids is 1. The van der Waals surface area contributed by atoms with Crippen LogP contribution in [0.4, 0.5) is 0 Å². The highest BCUT2D eigenvalue weighted by atomic mass is 32.2. The molecule has 2 rings (SSSR count). The fraction of sp³-hybridized carbons (Fsp3) is 0.111. The Kier molecular flexibility index (Phi) is 3.45. The zero-order valence-corrected chi connectivity index (χ0v) is 10.6. The first kappa shape index (κ1) is 12.7. The van der Waals surface area contributed by atoms with Crippen molar-refractivity contribution < 1.29 is 18.3 Å². The Hall–Kier alpha value is -1.71. The van der Waals surface area contributed by atoms with E-state index in [1.807, 2.05) is 0 Å². The molecule has 0 saturated carbocycles. The van der Waals surface area contributed by atoms with Gasteiger partial charge in [-0.2, -0.15) is 0 Å². The smallest absolute Gasteiger partial charge is 0.345 e. The molecular formula is C9H9N3O4S2. The van der Waals surface area contributed by atoms with Crippen molar-refractivity contribution in [2.45, 2.75) is 11.4 Å². The number of hydrogen-bond donors (Lipinski definition) is 3. The molecular weight excluding hydrogens is 278 g/mol. The molecule has 0 aliphatic heterocycles. The van der Waals surface area contributed by atoms with Crippen molar-refractivity contribution in [2.75, 3.05) is 0 Å². The molecule has 0 saturated heterocycles. The first-order valence-corrected chi connectivity index (χ1v) is 7.15. The second-order valence-corrected chi connectivity index (χ2v) is 5.99. The minimum absolute atomic E-state index is 0.0200. The highest BCUT2D eigenvalue weighted by Gasteiger charge is 2.18. The number of imidazole rings is 1. The van der Waals surface area contributed by atoms with E-state index in [4.69, 9.17) is 5.11 Å². The average Bonchev–Trinajstić information content (AvgIpc) is 2.98. The number of H-pyrrole nitrogens is 1. The number of aromatic amines is 1. The van der Waals surface area contributed by atoms with Crippen molar-refractivity contribution in [2.24, 2.45) is 0 Å². The fourth-order valence-corrected chi connectivity index (χ4v) is 3.31. The van der Waals surface area contributed by atoms with Crippen LogP contribution in [-0.2, 0) is 16.6 Å². The van der Waals surface area contributed by atoms with E-state index in [0.717, 1.165) is 17.4 Å². The maximum Gasteiger partial charge on any atom is 0.345 e. The predicted molar refractivity (Wildman–Crippen MR) is 63.9 cm³/mol. The first-order valence-electron chi connectivity index (χ1n) is 4.79. The number of thiophene rings is 1. The van der Waals surface area contributed by atoms with Crippen LogP contribution in [0.15, 0.2) is 28.7 Å². The Morgan fingerprint density at radius 2 is 2.33 bits per heavy atom. The normalized spacial score (nSPS) is 11.6. The summed E-state index contributed by atoms with van der Waals surface area (Å²) in [4.78, 5) is 17.2. The van der Waals surface area contributed by atoms with E-state index >= 15 is 0 Å². The summed E-state index contributed by atoms with van der Waals surface area (Å²) in [6.45, 7) is 0.0214. The zero-order chi connectivity index (χ0) is 13.2. The summed E-state index contributed by atoms with van der Waals surface area (Å²) in [5.74, 6) is -0.667. The molecule has 9 heteroatoms. The number of carboxylic acids is 1. The van der Waals surface area contributed by atoms with E-state index in [-0.39, 0.29) is 16.3 Å². The van der Waals surface area contributed by atoms with E-state index in [1.54, 1.807) is 6.20 Å². The zero-order valence-electron chi connectivity index (χ0n) is 8.95. The SMILES string of the molecule is O=C(O)c1cc(S(=O)(=O)NCc2ncc[nH]2)cs1. The second-order valence-electron chi connectivity index (χ2n) is 3.31. The largest absolute Gasteiger partial charge is 0.477 e. The third kappa shape index (κ3) is 2.75. The van der Waals surface area contributed by atoms with E-state index in [2.05, 4.69) is 14.7 Å². The maximum absolute atomic E-state index is 11.8. The standard InChI is InChI=1S/C9H9N3O4S2/c13-9(14)7-3-6(5-17-7)18(15,16)12-4-8-10-1-2-11-8/h1-3,5,12H,4H2,(H,10,11)(H,13,14). The lowest BCUT2D eigenvalue weighted by molar-refractivity contribution is 0.0702. The summed E-state index contributed by atoms with van der Waals surface area (Å²) in [6, 6.07) is 1.12. The summed E-state index contributed by atoms with van der Waals surface area (Å²) < 4.78 is 26.0. The third-order valence-corrected chi connectivity index (χ3v) is 4.53. The molecule has 96 valence electrons. The molecule has 2 heterocycles. The quantitative estimate of drug-likeness (QED) is 0.747. The van der Waals surface area contributed by atoms with E-state index in [1.165, 1.54) is 11.6 Å². The Morgan fingerprint density at radius 1 is 1.56 bits per heavy atom. The van der Waals surface area contributed by atoms with Gasteiger partial charge in [0.15, 0.2) is 0 Å². The van der Waals surface area contributed by atoms with Crippen molar-refractivity contribution in [1.82, 2.24) is 14.7 Å². The number of nitrogens with zero attached hydrogens (tertiary/aromatic N) is 1. The van der Waals surface area contributed by atoms with Crippen molar-refractivity contribution in [1.29, 1.82) is 0 Å². The van der Waals surface area contributed by atoms with Crippen molar-refractivity contribution in [3.05, 3.63) is 34.5 Å². The molecule has 0 amide bonds. The molecule has 0 aliphatic rings. The molecule has 0 fully saturated rings. The lowest BCUT2D eigenvalue weighted by Crippen LogP contribution is -2.23. The molecule has 18 heavy (non-hydrogen) atoms. The van der Waals surface area contributed by atoms with E-state index in [0.29, 0.717) is 5.82 Å². The summed E-state index contributed by atoms with van der Waals surface area (Å²) in [5, 5.41) is 10.0. The lowest BCUT2D eigenvalue weighted by atomic mass is 10.5. The van der Waals surface area contributed by atoms with E-state index in [9.17, 15) is 13.2 Å². The Labute approximate surface area is 107 Å². The van der Waals surface area contributed by atoms with Crippen LogP contribution in [0.5, 0.6) is 0 Å². The van der Waals surface area contributed by atoms with Gasteiger partial charge in [-0.25, -0.2) is 22.9 Å². The fourth-order valence-electron chi connectivity index (χ4n) is 1.21. The van der Waals surface area contributed by atoms with Gasteiger partial charge in [-0.15, -0.1) is 11.3 Å². The van der Waals surface area contributed by atoms with E-state index < -0.39 is 16.0 Å². The van der Waals surface area contributed by atoms with Gasteiger partial charge in [0.05, 0.1) is 11.4 Å². The van der Waals surface area contributed by atoms with Crippen molar-refractivity contribution >= 4 is 27.3 Å². The number of rotatable bonds is 5. The Bertz CT molecular complexity index is 645. The van der Waals surface area contributed by atoms with Gasteiger partial charge in [-0.1, -0.05) is 0 Å². The van der Waals surface area contributed by atoms with Gasteiger partial charge in [0.2, 0.25) is 10.0 Å². The van der Waals surface area contributed by atoms with Crippen LogP contribution in [0.2, 0.25) is 0 Å². The number of carbonyl (C=O) groups is 1. The maximum atomic E-state index is 11.8. The first-order chi connectivity index (χ1) is 8.49. The molecule has 0 bridgehead atoms. The molecule has 0 aromatic carbocycles. The lowest BCUT2D eigenvalue weighted by Gasteiger charge is -2.02. The number of sulfonamides is 1. The average molecular weight is 287 g/mol. The van der Waals surface area contributed by atoms with Crippen LogP contribution in [0.3, 0.4) is 0 Å². The molecule has 7 nitrogen and oxygen atoms in total. The predicted octanol–water partition coefficient (Wildman–Crippen LogP) is 0.648. The van der Waals surface area contributed by atoms with Crippen LogP contribution in [-0.4, -0.2) is 29.5 Å². The number of hydrogen-bond acceptors (Lipinski definition) is 5. The number of nitrogens with one attached hydrogen (secondary N) is 2. The van der Waals surface area contributed by atoms with Crippen LogP contribution >= 0.6 is 11.3 Å². The van der Waals surface area contributed by atoms with Gasteiger partial charge >= 0.3 is 5.97 Å². The monoisotopic (exact) mass is 287 g/mol. The van der Waals surface area contributed by atoms with Gasteiger partial charge < -0.3 is 10.1 Å². The van der Waals surface area contributed by atoms with Crippen LogP contribution in [0.1, 0.15) is 15.5 Å². The second kappa shape index (κ2) is 4.88. The van der Waals surface area contributed by atoms with Gasteiger partial charge in [-0.3, -0.25) is 0 Å². The topological polar surface area (TPSA) is 112 Å². The van der Waals surface area contributed by atoms with Gasteiger partial charge in [0, 0.05) is 17.8 Å². The Balaban J connectivity index is 2.12. The van der Waals surface area contributed by atoms with Crippen LogP contribution in [0.25, 0.3) is 0 Å². The Morgan fingerprint density at radius 3 is 2.89 bits per heavy atom. The molecule has 2 aromatic heterocycles. The molecule has 0 atom stereocenters. The minimum atomic E-state index is -3.71. The van der Waals surface area contributed by atoms with Gasteiger partial charge in [0.1, 0.15) is 10.7 Å². The van der Waals surface area contributed by atoms with Gasteiger partial charge in [-0.05, 0) is 6.07 Å². The third-order valence-electron chi connectivity index (χ3n) is 2.08. The highest BCUT2D eigenvalue weighted by Crippen LogP contribution is 2.19. The highest BCUT2D eigenvalue weighted by molar-refractivity contribution is 7.89. The number of carboxylic acid groups (broad SMARTS) is 1. The molecule has 0 aliphatic carbocycles.